The number of H-pyrrole nitrogens is 1. The molecule has 0 radical (unpaired) electrons. The number of hydrogen-bond acceptors (Lipinski definition) is 6. The number of hydrogen-bond donors (Lipinski definition) is 1. The first kappa shape index (κ1) is 18.3. The summed E-state index contributed by atoms with van der Waals surface area (Å²) in [6, 6.07) is 3.76. The van der Waals surface area contributed by atoms with Gasteiger partial charge in [0.15, 0.2) is 0 Å². The van der Waals surface area contributed by atoms with E-state index in [-0.39, 0.29) is 5.91 Å². The first-order valence-electron chi connectivity index (χ1n) is 9.64. The summed E-state index contributed by atoms with van der Waals surface area (Å²) < 4.78 is 5.27. The Morgan fingerprint density at radius 3 is 2.93 bits per heavy atom. The molecule has 4 rings (SSSR count). The average Bonchev–Trinajstić information content (AvgIpc) is 3.27. The van der Waals surface area contributed by atoms with Crippen LogP contribution in [0.15, 0.2) is 29.2 Å². The Kier molecular flexibility index (Phi) is 5.18. The van der Waals surface area contributed by atoms with E-state index in [1.165, 1.54) is 0 Å². The molecule has 0 bridgehead atoms. The summed E-state index contributed by atoms with van der Waals surface area (Å²) in [4.78, 5) is 23.3. The molecule has 8 heteroatoms. The van der Waals surface area contributed by atoms with E-state index in [4.69, 9.17) is 4.52 Å². The topological polar surface area (TPSA) is 101 Å². The van der Waals surface area contributed by atoms with E-state index in [1.807, 2.05) is 24.8 Å². The molecule has 1 N–H and O–H groups in total. The molecule has 8 nitrogen and oxygen atoms in total. The van der Waals surface area contributed by atoms with Crippen LogP contribution in [0.5, 0.6) is 0 Å². The van der Waals surface area contributed by atoms with Gasteiger partial charge in [-0.15, -0.1) is 0 Å². The second kappa shape index (κ2) is 7.92. The van der Waals surface area contributed by atoms with Crippen LogP contribution < -0.4 is 0 Å². The molecule has 0 aliphatic carbocycles. The largest absolute Gasteiger partial charge is 0.361 e. The lowest BCUT2D eigenvalue weighted by atomic mass is 9.94. The number of nitrogens with one attached hydrogen (secondary N) is 1. The molecule has 0 saturated carbocycles. The lowest BCUT2D eigenvalue weighted by molar-refractivity contribution is 0.0754. The number of aromatic nitrogens is 5. The van der Waals surface area contributed by atoms with Gasteiger partial charge in [-0.2, -0.15) is 5.10 Å². The summed E-state index contributed by atoms with van der Waals surface area (Å²) in [6.45, 7) is 5.35. The Labute approximate surface area is 163 Å². The standard InChI is InChI=1S/C20H24N6O2/c1-13-19(14(2)28-25-13)18-11-16(21-12-22-18)10-15-4-3-8-26(9-6-15)20(27)17-5-7-23-24-17/h5,7,11-12,15H,3-4,6,8-10H2,1-2H3,(H,23,24). The first-order valence-corrected chi connectivity index (χ1v) is 9.64. The van der Waals surface area contributed by atoms with E-state index in [9.17, 15) is 4.79 Å². The minimum atomic E-state index is 0.0286. The van der Waals surface area contributed by atoms with Crippen LogP contribution >= 0.6 is 0 Å². The van der Waals surface area contributed by atoms with Crippen LogP contribution in [0.2, 0.25) is 0 Å². The maximum atomic E-state index is 12.5. The fourth-order valence-electron chi connectivity index (χ4n) is 3.91. The van der Waals surface area contributed by atoms with Gasteiger partial charge in [-0.05, 0) is 57.6 Å². The highest BCUT2D eigenvalue weighted by atomic mass is 16.5. The van der Waals surface area contributed by atoms with E-state index in [2.05, 4.69) is 25.3 Å². The summed E-state index contributed by atoms with van der Waals surface area (Å²) in [5.74, 6) is 1.29. The second-order valence-electron chi connectivity index (χ2n) is 7.36. The number of aromatic amines is 1. The van der Waals surface area contributed by atoms with Crippen LogP contribution in [-0.2, 0) is 6.42 Å². The molecule has 1 aliphatic rings. The van der Waals surface area contributed by atoms with Crippen molar-refractivity contribution in [3.05, 3.63) is 47.5 Å². The quantitative estimate of drug-likeness (QED) is 0.747. The third-order valence-electron chi connectivity index (χ3n) is 5.38. The summed E-state index contributed by atoms with van der Waals surface area (Å²) in [7, 11) is 0. The first-order chi connectivity index (χ1) is 13.6. The SMILES string of the molecule is Cc1noc(C)c1-c1cc(CC2CCCN(C(=O)c3ccn[nH]3)CC2)ncn1. The average molecular weight is 380 g/mol. The van der Waals surface area contributed by atoms with E-state index < -0.39 is 0 Å². The van der Waals surface area contributed by atoms with Crippen molar-refractivity contribution in [3.8, 4) is 11.3 Å². The minimum absolute atomic E-state index is 0.0286. The van der Waals surface area contributed by atoms with Gasteiger partial charge >= 0.3 is 0 Å². The van der Waals surface area contributed by atoms with Gasteiger partial charge in [-0.3, -0.25) is 9.89 Å². The van der Waals surface area contributed by atoms with Crippen LogP contribution in [0.1, 0.15) is 46.9 Å². The Morgan fingerprint density at radius 1 is 1.29 bits per heavy atom. The Hall–Kier alpha value is -3.03. The Bertz CT molecular complexity index is 930. The summed E-state index contributed by atoms with van der Waals surface area (Å²) in [6.07, 6.45) is 7.14. The molecule has 3 aromatic rings. The predicted octanol–water partition coefficient (Wildman–Crippen LogP) is 2.96. The third kappa shape index (κ3) is 3.81. The Balaban J connectivity index is 1.43. The molecule has 3 aromatic heterocycles. The molecule has 0 spiro atoms. The number of likely N-dealkylation sites (tertiary alicyclic amines) is 1. The van der Waals surface area contributed by atoms with Crippen molar-refractivity contribution in [2.75, 3.05) is 13.1 Å². The zero-order chi connectivity index (χ0) is 19.5. The van der Waals surface area contributed by atoms with E-state index in [1.54, 1.807) is 18.6 Å². The summed E-state index contributed by atoms with van der Waals surface area (Å²) >= 11 is 0. The molecule has 28 heavy (non-hydrogen) atoms. The van der Waals surface area contributed by atoms with Gasteiger partial charge in [-0.25, -0.2) is 9.97 Å². The number of carbonyl (C=O) groups is 1. The van der Waals surface area contributed by atoms with Crippen molar-refractivity contribution in [2.24, 2.45) is 5.92 Å². The van der Waals surface area contributed by atoms with Gasteiger partial charge < -0.3 is 9.42 Å². The zero-order valence-corrected chi connectivity index (χ0v) is 16.2. The number of amides is 1. The van der Waals surface area contributed by atoms with Crippen molar-refractivity contribution in [2.45, 2.75) is 39.5 Å². The molecular formula is C20H24N6O2. The van der Waals surface area contributed by atoms with Crippen LogP contribution in [0.25, 0.3) is 11.3 Å². The second-order valence-corrected chi connectivity index (χ2v) is 7.36. The molecular weight excluding hydrogens is 356 g/mol. The fourth-order valence-corrected chi connectivity index (χ4v) is 3.91. The zero-order valence-electron chi connectivity index (χ0n) is 16.2. The lowest BCUT2D eigenvalue weighted by Gasteiger charge is -2.19. The maximum absolute atomic E-state index is 12.5. The van der Waals surface area contributed by atoms with Crippen molar-refractivity contribution in [1.29, 1.82) is 0 Å². The van der Waals surface area contributed by atoms with E-state index in [0.717, 1.165) is 67.2 Å². The molecule has 0 aromatic carbocycles. The summed E-state index contributed by atoms with van der Waals surface area (Å²) in [5, 5.41) is 10.7. The van der Waals surface area contributed by atoms with E-state index >= 15 is 0 Å². The van der Waals surface area contributed by atoms with Crippen LogP contribution in [0, 0.1) is 19.8 Å². The van der Waals surface area contributed by atoms with Gasteiger partial charge in [0, 0.05) is 25.0 Å². The van der Waals surface area contributed by atoms with Crippen molar-refractivity contribution in [1.82, 2.24) is 30.2 Å². The third-order valence-corrected chi connectivity index (χ3v) is 5.38. The molecule has 1 fully saturated rings. The van der Waals surface area contributed by atoms with Crippen molar-refractivity contribution in [3.63, 3.8) is 0 Å². The smallest absolute Gasteiger partial charge is 0.271 e. The minimum Gasteiger partial charge on any atom is -0.361 e. The van der Waals surface area contributed by atoms with Gasteiger partial charge in [0.25, 0.3) is 5.91 Å². The van der Waals surface area contributed by atoms with Gasteiger partial charge in [0.2, 0.25) is 0 Å². The van der Waals surface area contributed by atoms with Gasteiger partial charge in [-0.1, -0.05) is 5.16 Å². The van der Waals surface area contributed by atoms with Crippen molar-refractivity contribution >= 4 is 5.91 Å². The molecule has 146 valence electrons. The van der Waals surface area contributed by atoms with Crippen LogP contribution in [-0.4, -0.2) is 49.2 Å². The Morgan fingerprint density at radius 2 is 2.18 bits per heavy atom. The molecule has 4 heterocycles. The van der Waals surface area contributed by atoms with E-state index in [0.29, 0.717) is 11.6 Å². The highest BCUT2D eigenvalue weighted by molar-refractivity contribution is 5.92. The van der Waals surface area contributed by atoms with Crippen LogP contribution in [0.3, 0.4) is 0 Å². The fraction of sp³-hybridized carbons (Fsp3) is 0.450. The molecule has 1 unspecified atom stereocenters. The number of carbonyl (C=O) groups excluding carboxylic acids is 1. The number of nitrogens with zero attached hydrogens (tertiary/aromatic N) is 5. The number of rotatable bonds is 4. The normalized spacial score (nSPS) is 17.5. The molecule has 1 amide bonds. The maximum Gasteiger partial charge on any atom is 0.271 e. The molecule has 1 saturated heterocycles. The number of aryl methyl sites for hydroxylation is 2. The highest BCUT2D eigenvalue weighted by Crippen LogP contribution is 2.27. The molecule has 1 atom stereocenters. The summed E-state index contributed by atoms with van der Waals surface area (Å²) in [5.41, 5.74) is 4.21. The highest BCUT2D eigenvalue weighted by Gasteiger charge is 2.23. The van der Waals surface area contributed by atoms with Crippen LogP contribution in [0.4, 0.5) is 0 Å². The van der Waals surface area contributed by atoms with Gasteiger partial charge in [0.05, 0.1) is 17.0 Å². The lowest BCUT2D eigenvalue weighted by Crippen LogP contribution is -2.32. The van der Waals surface area contributed by atoms with Gasteiger partial charge in [0.1, 0.15) is 17.8 Å². The van der Waals surface area contributed by atoms with Crippen molar-refractivity contribution < 1.29 is 9.32 Å². The predicted molar refractivity (Wildman–Crippen MR) is 103 cm³/mol. The molecule has 1 aliphatic heterocycles. The monoisotopic (exact) mass is 380 g/mol.